The number of hydrogen-bond acceptors (Lipinski definition) is 2. The van der Waals surface area contributed by atoms with Crippen molar-refractivity contribution in [2.45, 2.75) is 25.3 Å². The highest BCUT2D eigenvalue weighted by Gasteiger charge is 2.46. The maximum Gasteiger partial charge on any atom is 0.292 e. The Morgan fingerprint density at radius 1 is 1.11 bits per heavy atom. The number of carbonyl (C=O) groups excluding carboxylic acids is 2. The molecule has 19 heavy (non-hydrogen) atoms. The van der Waals surface area contributed by atoms with Gasteiger partial charge in [0.2, 0.25) is 5.91 Å². The molecule has 2 heterocycles. The maximum atomic E-state index is 12.4. The van der Waals surface area contributed by atoms with Crippen LogP contribution in [0.25, 0.3) is 0 Å². The van der Waals surface area contributed by atoms with Crippen molar-refractivity contribution in [2.24, 2.45) is 0 Å². The summed E-state index contributed by atoms with van der Waals surface area (Å²) in [7, 11) is 0. The molecule has 0 spiro atoms. The summed E-state index contributed by atoms with van der Waals surface area (Å²) >= 11 is 5.83. The van der Waals surface area contributed by atoms with Crippen LogP contribution in [-0.4, -0.2) is 30.9 Å². The first-order valence-corrected chi connectivity index (χ1v) is 7.01. The summed E-state index contributed by atoms with van der Waals surface area (Å²) in [6.45, 7) is 2.00. The van der Waals surface area contributed by atoms with E-state index < -0.39 is 0 Å². The van der Waals surface area contributed by atoms with Crippen molar-refractivity contribution < 1.29 is 14.5 Å². The fourth-order valence-corrected chi connectivity index (χ4v) is 3.12. The fourth-order valence-electron chi connectivity index (χ4n) is 2.99. The second-order valence-electron chi connectivity index (χ2n) is 5.17. The van der Waals surface area contributed by atoms with Crippen molar-refractivity contribution in [1.29, 1.82) is 0 Å². The Bertz CT molecular complexity index is 509. The molecular weight excluding hydrogens is 264 g/mol. The summed E-state index contributed by atoms with van der Waals surface area (Å²) in [5, 5.41) is 0.601. The summed E-state index contributed by atoms with van der Waals surface area (Å²) in [6.07, 6.45) is 2.62. The zero-order valence-electron chi connectivity index (χ0n) is 10.6. The highest BCUT2D eigenvalue weighted by atomic mass is 35.5. The molecule has 1 atom stereocenters. The molecule has 4 nitrogen and oxygen atoms in total. The van der Waals surface area contributed by atoms with E-state index in [9.17, 15) is 9.59 Å². The van der Waals surface area contributed by atoms with E-state index in [-0.39, 0.29) is 17.9 Å². The summed E-state index contributed by atoms with van der Waals surface area (Å²) in [5.41, 5.74) is 0.625. The lowest BCUT2D eigenvalue weighted by Crippen LogP contribution is -3.14. The Morgan fingerprint density at radius 2 is 1.74 bits per heavy atom. The lowest BCUT2D eigenvalue weighted by Gasteiger charge is -2.19. The molecule has 2 saturated heterocycles. The van der Waals surface area contributed by atoms with Crippen LogP contribution in [0.1, 0.15) is 19.3 Å². The number of benzene rings is 1. The van der Waals surface area contributed by atoms with E-state index in [0.29, 0.717) is 17.1 Å². The molecular formula is C14H16ClN2O2+. The number of imide groups is 1. The molecule has 0 aromatic heterocycles. The van der Waals surface area contributed by atoms with Gasteiger partial charge in [0.1, 0.15) is 0 Å². The van der Waals surface area contributed by atoms with E-state index >= 15 is 0 Å². The third kappa shape index (κ3) is 2.26. The first-order valence-electron chi connectivity index (χ1n) is 6.64. The topological polar surface area (TPSA) is 41.8 Å². The lowest BCUT2D eigenvalue weighted by molar-refractivity contribution is -0.902. The number of amides is 2. The number of hydrogen-bond donors (Lipinski definition) is 1. The molecule has 0 unspecified atom stereocenters. The molecule has 1 aromatic carbocycles. The predicted molar refractivity (Wildman–Crippen MR) is 72.3 cm³/mol. The molecule has 2 fully saturated rings. The van der Waals surface area contributed by atoms with Crippen LogP contribution < -0.4 is 9.80 Å². The molecule has 1 aromatic rings. The van der Waals surface area contributed by atoms with Gasteiger partial charge < -0.3 is 4.90 Å². The molecule has 3 rings (SSSR count). The molecule has 2 aliphatic heterocycles. The average molecular weight is 280 g/mol. The van der Waals surface area contributed by atoms with Crippen LogP contribution in [0.3, 0.4) is 0 Å². The van der Waals surface area contributed by atoms with Crippen molar-refractivity contribution >= 4 is 29.1 Å². The van der Waals surface area contributed by atoms with E-state index in [2.05, 4.69) is 0 Å². The van der Waals surface area contributed by atoms with Gasteiger partial charge in [-0.25, -0.2) is 4.90 Å². The van der Waals surface area contributed by atoms with Crippen LogP contribution in [0.4, 0.5) is 5.69 Å². The van der Waals surface area contributed by atoms with Crippen molar-refractivity contribution in [1.82, 2.24) is 0 Å². The first-order chi connectivity index (χ1) is 9.16. The number of quaternary nitrogens is 1. The average Bonchev–Trinajstić information content (AvgIpc) is 3.00. The van der Waals surface area contributed by atoms with Gasteiger partial charge in [-0.1, -0.05) is 11.6 Å². The van der Waals surface area contributed by atoms with E-state index in [1.807, 2.05) is 0 Å². The van der Waals surface area contributed by atoms with Gasteiger partial charge >= 0.3 is 0 Å². The summed E-state index contributed by atoms with van der Waals surface area (Å²) in [5.74, 6) is -0.166. The second-order valence-corrected chi connectivity index (χ2v) is 5.60. The Labute approximate surface area is 116 Å². The Balaban J connectivity index is 1.84. The van der Waals surface area contributed by atoms with Gasteiger partial charge in [0.05, 0.1) is 25.2 Å². The van der Waals surface area contributed by atoms with Crippen molar-refractivity contribution in [2.75, 3.05) is 18.0 Å². The standard InChI is InChI=1S/C14H15ClN2O2/c15-10-3-5-11(6-4-10)17-13(18)9-12(14(17)19)16-7-1-2-8-16/h3-6,12H,1-2,7-9H2/p+1/t12-/m1/s1. The molecule has 100 valence electrons. The highest BCUT2D eigenvalue weighted by molar-refractivity contribution is 6.30. The van der Waals surface area contributed by atoms with Gasteiger partial charge in [-0.3, -0.25) is 9.59 Å². The van der Waals surface area contributed by atoms with Gasteiger partial charge in [-0.2, -0.15) is 0 Å². The minimum atomic E-state index is -0.189. The van der Waals surface area contributed by atoms with Gasteiger partial charge in [-0.15, -0.1) is 0 Å². The number of likely N-dealkylation sites (tertiary alicyclic amines) is 1. The molecule has 2 amide bonds. The van der Waals surface area contributed by atoms with Crippen LogP contribution in [0.5, 0.6) is 0 Å². The van der Waals surface area contributed by atoms with Crippen LogP contribution >= 0.6 is 11.6 Å². The number of anilines is 1. The van der Waals surface area contributed by atoms with E-state index in [1.165, 1.54) is 9.80 Å². The quantitative estimate of drug-likeness (QED) is 0.808. The number of carbonyl (C=O) groups is 2. The Morgan fingerprint density at radius 3 is 2.37 bits per heavy atom. The minimum absolute atomic E-state index is 0.0655. The Hall–Kier alpha value is -1.39. The lowest BCUT2D eigenvalue weighted by atomic mass is 10.2. The van der Waals surface area contributed by atoms with E-state index in [0.717, 1.165) is 25.9 Å². The van der Waals surface area contributed by atoms with E-state index in [1.54, 1.807) is 24.3 Å². The third-order valence-corrected chi connectivity index (χ3v) is 4.22. The maximum absolute atomic E-state index is 12.4. The van der Waals surface area contributed by atoms with Crippen LogP contribution in [-0.2, 0) is 9.59 Å². The Kier molecular flexibility index (Phi) is 3.29. The zero-order chi connectivity index (χ0) is 13.4. The van der Waals surface area contributed by atoms with Crippen molar-refractivity contribution in [3.05, 3.63) is 29.3 Å². The number of nitrogens with zero attached hydrogens (tertiary/aromatic N) is 1. The molecule has 2 aliphatic rings. The summed E-state index contributed by atoms with van der Waals surface area (Å²) in [4.78, 5) is 27.1. The molecule has 1 N–H and O–H groups in total. The minimum Gasteiger partial charge on any atom is -0.324 e. The smallest absolute Gasteiger partial charge is 0.292 e. The van der Waals surface area contributed by atoms with Gasteiger partial charge in [0.25, 0.3) is 5.91 Å². The number of rotatable bonds is 2. The second kappa shape index (κ2) is 4.94. The number of halogens is 1. The van der Waals surface area contributed by atoms with Crippen molar-refractivity contribution in [3.63, 3.8) is 0 Å². The predicted octanol–water partition coefficient (Wildman–Crippen LogP) is 0.651. The van der Waals surface area contributed by atoms with Crippen LogP contribution in [0, 0.1) is 0 Å². The number of nitrogens with one attached hydrogen (secondary N) is 1. The highest BCUT2D eigenvalue weighted by Crippen LogP contribution is 2.23. The van der Waals surface area contributed by atoms with Gasteiger partial charge in [0.15, 0.2) is 6.04 Å². The van der Waals surface area contributed by atoms with Crippen LogP contribution in [0.15, 0.2) is 24.3 Å². The summed E-state index contributed by atoms with van der Waals surface area (Å²) < 4.78 is 0. The molecule has 0 radical (unpaired) electrons. The molecule has 0 bridgehead atoms. The first kappa shape index (κ1) is 12.6. The summed E-state index contributed by atoms with van der Waals surface area (Å²) in [6, 6.07) is 6.66. The molecule has 5 heteroatoms. The SMILES string of the molecule is O=C1C[C@@H]([NH+]2CCCC2)C(=O)N1c1ccc(Cl)cc1. The van der Waals surface area contributed by atoms with Gasteiger partial charge in [-0.05, 0) is 24.3 Å². The van der Waals surface area contributed by atoms with Crippen LogP contribution in [0.2, 0.25) is 5.02 Å². The van der Waals surface area contributed by atoms with Crippen molar-refractivity contribution in [3.8, 4) is 0 Å². The zero-order valence-corrected chi connectivity index (χ0v) is 11.3. The van der Waals surface area contributed by atoms with Gasteiger partial charge in [0, 0.05) is 17.9 Å². The molecule has 0 aliphatic carbocycles. The third-order valence-electron chi connectivity index (χ3n) is 3.97. The monoisotopic (exact) mass is 279 g/mol. The normalized spacial score (nSPS) is 24.5. The molecule has 0 saturated carbocycles. The fraction of sp³-hybridized carbons (Fsp3) is 0.429. The van der Waals surface area contributed by atoms with E-state index in [4.69, 9.17) is 11.6 Å². The largest absolute Gasteiger partial charge is 0.324 e.